The van der Waals surface area contributed by atoms with Crippen molar-refractivity contribution in [2.45, 2.75) is 19.8 Å². The van der Waals surface area contributed by atoms with Crippen LogP contribution in [0, 0.1) is 5.92 Å². The van der Waals surface area contributed by atoms with Crippen LogP contribution in [0.1, 0.15) is 29.4 Å². The van der Waals surface area contributed by atoms with Crippen molar-refractivity contribution in [3.05, 3.63) is 16.3 Å². The number of ether oxygens (including phenoxy) is 1. The quantitative estimate of drug-likeness (QED) is 0.618. The van der Waals surface area contributed by atoms with E-state index in [1.807, 2.05) is 5.38 Å². The Labute approximate surface area is 115 Å². The van der Waals surface area contributed by atoms with Gasteiger partial charge in [0.1, 0.15) is 5.75 Å². The number of amides is 1. The molecule has 3 nitrogen and oxygen atoms in total. The molecule has 0 bridgehead atoms. The Hall–Kier alpha value is -0.550. The van der Waals surface area contributed by atoms with E-state index in [2.05, 4.69) is 28.2 Å². The van der Waals surface area contributed by atoms with Gasteiger partial charge in [0.15, 0.2) is 0 Å². The van der Waals surface area contributed by atoms with E-state index in [0.29, 0.717) is 10.8 Å². The number of alkyl halides is 1. The summed E-state index contributed by atoms with van der Waals surface area (Å²) < 4.78 is 5.04. The molecule has 0 aliphatic heterocycles. The molecule has 0 fully saturated rings. The fourth-order valence-electron chi connectivity index (χ4n) is 1.36. The molecular formula is C12H18BrNO2S. The Bertz CT molecular complexity index is 354. The van der Waals surface area contributed by atoms with Crippen molar-refractivity contribution in [2.24, 2.45) is 5.92 Å². The van der Waals surface area contributed by atoms with Crippen molar-refractivity contribution in [3.63, 3.8) is 0 Å². The van der Waals surface area contributed by atoms with Crippen LogP contribution in [0.3, 0.4) is 0 Å². The predicted molar refractivity (Wildman–Crippen MR) is 75.4 cm³/mol. The second-order valence-corrected chi connectivity index (χ2v) is 5.57. The Balaban J connectivity index is 2.25. The molecule has 17 heavy (non-hydrogen) atoms. The Morgan fingerprint density at radius 3 is 3.00 bits per heavy atom. The molecule has 1 N–H and O–H groups in total. The van der Waals surface area contributed by atoms with Crippen molar-refractivity contribution < 1.29 is 9.53 Å². The highest BCUT2D eigenvalue weighted by Gasteiger charge is 2.08. The first kappa shape index (κ1) is 14.5. The Kier molecular flexibility index (Phi) is 6.58. The van der Waals surface area contributed by atoms with Gasteiger partial charge < -0.3 is 10.1 Å². The lowest BCUT2D eigenvalue weighted by Gasteiger charge is -2.07. The number of rotatable bonds is 7. The second kappa shape index (κ2) is 7.71. The highest BCUT2D eigenvalue weighted by Crippen LogP contribution is 2.20. The molecule has 0 aromatic carbocycles. The third-order valence-electron chi connectivity index (χ3n) is 2.46. The van der Waals surface area contributed by atoms with Gasteiger partial charge in [-0.1, -0.05) is 22.9 Å². The first-order valence-electron chi connectivity index (χ1n) is 5.64. The summed E-state index contributed by atoms with van der Waals surface area (Å²) in [5.74, 6) is 1.39. The van der Waals surface area contributed by atoms with Gasteiger partial charge in [-0.25, -0.2) is 0 Å². The van der Waals surface area contributed by atoms with Crippen LogP contribution in [0.25, 0.3) is 0 Å². The molecule has 1 aromatic heterocycles. The number of hydrogen-bond acceptors (Lipinski definition) is 3. The van der Waals surface area contributed by atoms with Crippen molar-refractivity contribution in [3.8, 4) is 5.75 Å². The van der Waals surface area contributed by atoms with E-state index in [4.69, 9.17) is 4.74 Å². The summed E-state index contributed by atoms with van der Waals surface area (Å²) in [5.41, 5.74) is 0. The maximum absolute atomic E-state index is 11.7. The fourth-order valence-corrected chi connectivity index (χ4v) is 2.46. The number of thiophene rings is 1. The number of carbonyl (C=O) groups is 1. The third kappa shape index (κ3) is 5.08. The molecule has 0 saturated carbocycles. The van der Waals surface area contributed by atoms with Gasteiger partial charge in [-0.2, -0.15) is 0 Å². The minimum absolute atomic E-state index is 0.00945. The van der Waals surface area contributed by atoms with Gasteiger partial charge in [-0.3, -0.25) is 4.79 Å². The zero-order valence-corrected chi connectivity index (χ0v) is 12.6. The lowest BCUT2D eigenvalue weighted by Crippen LogP contribution is -2.23. The average Bonchev–Trinajstić information content (AvgIpc) is 2.82. The van der Waals surface area contributed by atoms with Crippen LogP contribution in [-0.4, -0.2) is 24.9 Å². The first-order chi connectivity index (χ1) is 8.17. The van der Waals surface area contributed by atoms with Gasteiger partial charge in [0.25, 0.3) is 5.91 Å². The number of halogens is 1. The largest absolute Gasteiger partial charge is 0.496 e. The molecule has 1 rings (SSSR count). The summed E-state index contributed by atoms with van der Waals surface area (Å²) in [7, 11) is 1.60. The van der Waals surface area contributed by atoms with Gasteiger partial charge >= 0.3 is 0 Å². The van der Waals surface area contributed by atoms with Crippen LogP contribution in [0.5, 0.6) is 5.75 Å². The molecule has 0 spiro atoms. The topological polar surface area (TPSA) is 38.3 Å². The summed E-state index contributed by atoms with van der Waals surface area (Å²) in [4.78, 5) is 12.4. The Morgan fingerprint density at radius 1 is 1.65 bits per heavy atom. The second-order valence-electron chi connectivity index (χ2n) is 4.01. The molecule has 0 saturated heterocycles. The van der Waals surface area contributed by atoms with E-state index in [9.17, 15) is 4.79 Å². The molecule has 1 unspecified atom stereocenters. The molecule has 0 radical (unpaired) electrons. The van der Waals surface area contributed by atoms with Crippen LogP contribution in [-0.2, 0) is 0 Å². The van der Waals surface area contributed by atoms with E-state index < -0.39 is 0 Å². The number of nitrogens with one attached hydrogen (secondary N) is 1. The molecule has 1 atom stereocenters. The highest BCUT2D eigenvalue weighted by atomic mass is 79.9. The van der Waals surface area contributed by atoms with Crippen LogP contribution >= 0.6 is 27.3 Å². The van der Waals surface area contributed by atoms with E-state index in [1.165, 1.54) is 11.3 Å². The molecule has 0 aliphatic carbocycles. The molecule has 5 heteroatoms. The molecule has 96 valence electrons. The van der Waals surface area contributed by atoms with Crippen molar-refractivity contribution >= 4 is 33.2 Å². The zero-order chi connectivity index (χ0) is 12.7. The lowest BCUT2D eigenvalue weighted by atomic mass is 10.1. The van der Waals surface area contributed by atoms with Gasteiger partial charge in [-0.05, 0) is 18.8 Å². The summed E-state index contributed by atoms with van der Waals surface area (Å²) in [6.45, 7) is 2.93. The molecular weight excluding hydrogens is 302 g/mol. The third-order valence-corrected chi connectivity index (χ3v) is 4.47. The van der Waals surface area contributed by atoms with Crippen molar-refractivity contribution in [1.29, 1.82) is 0 Å². The molecule has 1 heterocycles. The molecule has 0 aliphatic rings. The number of carbonyl (C=O) groups excluding carboxylic acids is 1. The van der Waals surface area contributed by atoms with Gasteiger partial charge in [-0.15, -0.1) is 11.3 Å². The van der Waals surface area contributed by atoms with Crippen LogP contribution in [0.4, 0.5) is 0 Å². The maximum atomic E-state index is 11.7. The van der Waals surface area contributed by atoms with E-state index in [0.717, 1.165) is 30.5 Å². The van der Waals surface area contributed by atoms with Crippen LogP contribution < -0.4 is 10.1 Å². The zero-order valence-electron chi connectivity index (χ0n) is 10.2. The Morgan fingerprint density at radius 2 is 2.41 bits per heavy atom. The molecule has 1 amide bonds. The standard InChI is InChI=1S/C12H18BrNO2S/c1-9(7-13)4-3-5-14-12(15)11-6-10(16-2)8-17-11/h6,8-9H,3-5,7H2,1-2H3,(H,14,15). The number of methoxy groups -OCH3 is 1. The monoisotopic (exact) mass is 319 g/mol. The van der Waals surface area contributed by atoms with Gasteiger partial charge in [0.05, 0.1) is 12.0 Å². The predicted octanol–water partition coefficient (Wildman–Crippen LogP) is 3.30. The first-order valence-corrected chi connectivity index (χ1v) is 7.64. The average molecular weight is 320 g/mol. The van der Waals surface area contributed by atoms with E-state index in [-0.39, 0.29) is 5.91 Å². The summed E-state index contributed by atoms with van der Waals surface area (Å²) in [6.07, 6.45) is 2.14. The summed E-state index contributed by atoms with van der Waals surface area (Å²) in [5, 5.41) is 5.77. The van der Waals surface area contributed by atoms with Crippen molar-refractivity contribution in [1.82, 2.24) is 5.32 Å². The molecule has 1 aromatic rings. The SMILES string of the molecule is COc1csc(C(=O)NCCCC(C)CBr)c1. The van der Waals surface area contributed by atoms with Gasteiger partial charge in [0.2, 0.25) is 0 Å². The summed E-state index contributed by atoms with van der Waals surface area (Å²) in [6, 6.07) is 1.76. The lowest BCUT2D eigenvalue weighted by molar-refractivity contribution is 0.0956. The van der Waals surface area contributed by atoms with Gasteiger partial charge in [0, 0.05) is 23.3 Å². The van der Waals surface area contributed by atoms with E-state index in [1.54, 1.807) is 13.2 Å². The highest BCUT2D eigenvalue weighted by molar-refractivity contribution is 9.09. The summed E-state index contributed by atoms with van der Waals surface area (Å²) >= 11 is 4.85. The number of hydrogen-bond donors (Lipinski definition) is 1. The fraction of sp³-hybridized carbons (Fsp3) is 0.583. The van der Waals surface area contributed by atoms with Crippen LogP contribution in [0.2, 0.25) is 0 Å². The van der Waals surface area contributed by atoms with Crippen molar-refractivity contribution in [2.75, 3.05) is 19.0 Å². The minimum atomic E-state index is -0.00945. The maximum Gasteiger partial charge on any atom is 0.261 e. The smallest absolute Gasteiger partial charge is 0.261 e. The van der Waals surface area contributed by atoms with Crippen LogP contribution in [0.15, 0.2) is 11.4 Å². The minimum Gasteiger partial charge on any atom is -0.496 e. The van der Waals surface area contributed by atoms with E-state index >= 15 is 0 Å². The normalized spacial score (nSPS) is 12.2.